The second-order valence-corrected chi connectivity index (χ2v) is 5.75. The number of nitrogens with zero attached hydrogens (tertiary/aromatic N) is 1. The number of benzene rings is 1. The third kappa shape index (κ3) is 3.17. The van der Waals surface area contributed by atoms with E-state index < -0.39 is 11.7 Å². The number of hydrogen-bond acceptors (Lipinski definition) is 3. The molecule has 1 N–H and O–H groups in total. The van der Waals surface area contributed by atoms with E-state index in [1.165, 1.54) is 17.4 Å². The maximum Gasteiger partial charge on any atom is 0.254 e. The predicted molar refractivity (Wildman–Crippen MR) is 73.9 cm³/mol. The van der Waals surface area contributed by atoms with E-state index in [4.69, 9.17) is 0 Å². The lowest BCUT2D eigenvalue weighted by Crippen LogP contribution is -2.27. The molecule has 0 spiro atoms. The van der Waals surface area contributed by atoms with E-state index in [2.05, 4.69) is 10.3 Å². The van der Waals surface area contributed by atoms with Crippen molar-refractivity contribution in [2.45, 2.75) is 26.8 Å². The molecular formula is C14H15FN2OS. The highest BCUT2D eigenvalue weighted by atomic mass is 32.1. The largest absolute Gasteiger partial charge is 0.343 e. The van der Waals surface area contributed by atoms with Gasteiger partial charge in [0, 0.05) is 11.1 Å². The van der Waals surface area contributed by atoms with Gasteiger partial charge < -0.3 is 5.32 Å². The zero-order valence-corrected chi connectivity index (χ0v) is 11.8. The van der Waals surface area contributed by atoms with Crippen LogP contribution in [0.15, 0.2) is 24.4 Å². The fourth-order valence-corrected chi connectivity index (χ4v) is 2.50. The predicted octanol–water partition coefficient (Wildman–Crippen LogP) is 3.39. The zero-order chi connectivity index (χ0) is 14.0. The Balaban J connectivity index is 2.15. The first-order valence-corrected chi connectivity index (χ1v) is 6.78. The summed E-state index contributed by atoms with van der Waals surface area (Å²) < 4.78 is 13.6. The summed E-state index contributed by atoms with van der Waals surface area (Å²) in [6, 6.07) is 4.26. The Bertz CT molecular complexity index is 609. The molecule has 1 atom stereocenters. The van der Waals surface area contributed by atoms with Gasteiger partial charge >= 0.3 is 0 Å². The summed E-state index contributed by atoms with van der Waals surface area (Å²) in [5, 5.41) is 3.58. The van der Waals surface area contributed by atoms with E-state index in [9.17, 15) is 9.18 Å². The number of halogens is 1. The molecule has 0 saturated heterocycles. The Hall–Kier alpha value is -1.75. The van der Waals surface area contributed by atoms with E-state index in [-0.39, 0.29) is 11.6 Å². The maximum absolute atomic E-state index is 13.6. The Kier molecular flexibility index (Phi) is 3.95. The number of thiazole rings is 1. The quantitative estimate of drug-likeness (QED) is 0.935. The van der Waals surface area contributed by atoms with E-state index in [0.29, 0.717) is 0 Å². The van der Waals surface area contributed by atoms with Crippen LogP contribution in [0.2, 0.25) is 0 Å². The number of aromatic nitrogens is 1. The van der Waals surface area contributed by atoms with Gasteiger partial charge in [-0.25, -0.2) is 9.37 Å². The summed E-state index contributed by atoms with van der Waals surface area (Å²) in [5.41, 5.74) is 0.921. The Morgan fingerprint density at radius 2 is 2.16 bits per heavy atom. The SMILES string of the molecule is Cc1ccc(F)c(C(=O)NC(C)c2ncc(C)s2)c1. The van der Waals surface area contributed by atoms with Crippen LogP contribution in [0.1, 0.15) is 38.8 Å². The molecule has 1 amide bonds. The Morgan fingerprint density at radius 3 is 2.79 bits per heavy atom. The number of hydrogen-bond donors (Lipinski definition) is 1. The molecule has 1 aromatic heterocycles. The summed E-state index contributed by atoms with van der Waals surface area (Å²) in [5.74, 6) is -0.924. The van der Waals surface area contributed by atoms with E-state index in [1.54, 1.807) is 18.3 Å². The standard InChI is InChI=1S/C14H15FN2OS/c1-8-4-5-12(15)11(6-8)13(18)17-10(3)14-16-7-9(2)19-14/h4-7,10H,1-3H3,(H,17,18). The summed E-state index contributed by atoms with van der Waals surface area (Å²) in [6.07, 6.45) is 1.76. The lowest BCUT2D eigenvalue weighted by Gasteiger charge is -2.12. The summed E-state index contributed by atoms with van der Waals surface area (Å²) in [6.45, 7) is 5.61. The minimum absolute atomic E-state index is 0.0696. The molecule has 3 nitrogen and oxygen atoms in total. The van der Waals surface area contributed by atoms with Gasteiger partial charge in [-0.1, -0.05) is 11.6 Å². The van der Waals surface area contributed by atoms with Crippen molar-refractivity contribution in [3.05, 3.63) is 51.2 Å². The molecule has 2 aromatic rings. The van der Waals surface area contributed by atoms with E-state index >= 15 is 0 Å². The first kappa shape index (κ1) is 13.7. The molecule has 0 aliphatic heterocycles. The van der Waals surface area contributed by atoms with Crippen LogP contribution < -0.4 is 5.32 Å². The average Bonchev–Trinajstić information content (AvgIpc) is 2.79. The lowest BCUT2D eigenvalue weighted by atomic mass is 10.1. The minimum Gasteiger partial charge on any atom is -0.343 e. The molecule has 100 valence electrons. The molecule has 0 saturated carbocycles. The minimum atomic E-state index is -0.509. The van der Waals surface area contributed by atoms with Gasteiger partial charge in [-0.3, -0.25) is 4.79 Å². The molecule has 0 aliphatic rings. The third-order valence-electron chi connectivity index (χ3n) is 2.72. The van der Waals surface area contributed by atoms with Gasteiger partial charge in [-0.05, 0) is 32.9 Å². The van der Waals surface area contributed by atoms with Crippen LogP contribution in [-0.2, 0) is 0 Å². The molecule has 0 radical (unpaired) electrons. The van der Waals surface area contributed by atoms with E-state index in [1.807, 2.05) is 20.8 Å². The highest BCUT2D eigenvalue weighted by Gasteiger charge is 2.16. The van der Waals surface area contributed by atoms with Crippen molar-refractivity contribution in [1.82, 2.24) is 10.3 Å². The highest BCUT2D eigenvalue weighted by Crippen LogP contribution is 2.20. The number of rotatable bonds is 3. The van der Waals surface area contributed by atoms with Gasteiger partial charge in [0.05, 0.1) is 11.6 Å². The third-order valence-corrected chi connectivity index (χ3v) is 3.82. The molecule has 0 aliphatic carbocycles. The van der Waals surface area contributed by atoms with Crippen molar-refractivity contribution in [3.8, 4) is 0 Å². The summed E-state index contributed by atoms with van der Waals surface area (Å²) in [4.78, 5) is 17.3. The molecule has 0 bridgehead atoms. The second kappa shape index (κ2) is 5.48. The monoisotopic (exact) mass is 278 g/mol. The topological polar surface area (TPSA) is 42.0 Å². The van der Waals surface area contributed by atoms with Gasteiger partial charge in [0.15, 0.2) is 0 Å². The van der Waals surface area contributed by atoms with Gasteiger partial charge in [-0.15, -0.1) is 11.3 Å². The fourth-order valence-electron chi connectivity index (χ4n) is 1.72. The van der Waals surface area contributed by atoms with Crippen LogP contribution in [-0.4, -0.2) is 10.9 Å². The van der Waals surface area contributed by atoms with Gasteiger partial charge in [0.2, 0.25) is 0 Å². The maximum atomic E-state index is 13.6. The number of carbonyl (C=O) groups is 1. The number of amides is 1. The summed E-state index contributed by atoms with van der Waals surface area (Å²) >= 11 is 1.52. The van der Waals surface area contributed by atoms with Crippen LogP contribution in [0, 0.1) is 19.7 Å². The molecule has 5 heteroatoms. The smallest absolute Gasteiger partial charge is 0.254 e. The van der Waals surface area contributed by atoms with Crippen molar-refractivity contribution >= 4 is 17.2 Å². The molecule has 1 unspecified atom stereocenters. The Morgan fingerprint density at radius 1 is 1.42 bits per heavy atom. The first-order valence-electron chi connectivity index (χ1n) is 5.96. The van der Waals surface area contributed by atoms with Gasteiger partial charge in [-0.2, -0.15) is 0 Å². The fraction of sp³-hybridized carbons (Fsp3) is 0.286. The van der Waals surface area contributed by atoms with Crippen molar-refractivity contribution in [3.63, 3.8) is 0 Å². The van der Waals surface area contributed by atoms with Crippen LogP contribution in [0.4, 0.5) is 4.39 Å². The first-order chi connectivity index (χ1) is 8.97. The number of aryl methyl sites for hydroxylation is 2. The van der Waals surface area contributed by atoms with Crippen molar-refractivity contribution in [2.75, 3.05) is 0 Å². The highest BCUT2D eigenvalue weighted by molar-refractivity contribution is 7.11. The van der Waals surface area contributed by atoms with E-state index in [0.717, 1.165) is 15.4 Å². The van der Waals surface area contributed by atoms with Crippen molar-refractivity contribution < 1.29 is 9.18 Å². The summed E-state index contributed by atoms with van der Waals surface area (Å²) in [7, 11) is 0. The molecule has 1 aromatic carbocycles. The Labute approximate surface area is 115 Å². The van der Waals surface area contributed by atoms with Crippen molar-refractivity contribution in [2.24, 2.45) is 0 Å². The van der Waals surface area contributed by atoms with Crippen LogP contribution in [0.5, 0.6) is 0 Å². The van der Waals surface area contributed by atoms with Crippen LogP contribution in [0.3, 0.4) is 0 Å². The average molecular weight is 278 g/mol. The molecule has 2 rings (SSSR count). The molecular weight excluding hydrogens is 263 g/mol. The second-order valence-electron chi connectivity index (χ2n) is 4.49. The zero-order valence-electron chi connectivity index (χ0n) is 11.0. The van der Waals surface area contributed by atoms with Gasteiger partial charge in [0.25, 0.3) is 5.91 Å². The van der Waals surface area contributed by atoms with Crippen LogP contribution >= 0.6 is 11.3 Å². The van der Waals surface area contributed by atoms with Gasteiger partial charge in [0.1, 0.15) is 10.8 Å². The number of nitrogens with one attached hydrogen (secondary N) is 1. The van der Waals surface area contributed by atoms with Crippen molar-refractivity contribution in [1.29, 1.82) is 0 Å². The molecule has 19 heavy (non-hydrogen) atoms. The lowest BCUT2D eigenvalue weighted by molar-refractivity contribution is 0.0935. The van der Waals surface area contributed by atoms with Crippen LogP contribution in [0.25, 0.3) is 0 Å². The number of carbonyl (C=O) groups excluding carboxylic acids is 1. The normalized spacial score (nSPS) is 12.2. The molecule has 1 heterocycles. The molecule has 0 fully saturated rings.